The van der Waals surface area contributed by atoms with Crippen LogP contribution in [-0.2, 0) is 16.1 Å². The molecule has 2 N–H and O–H groups in total. The number of hydrogen-bond donors (Lipinski definition) is 2. The topological polar surface area (TPSA) is 67.4 Å². The van der Waals surface area contributed by atoms with Gasteiger partial charge in [0.25, 0.3) is 0 Å². The molecule has 8 heteroatoms. The first kappa shape index (κ1) is 18.1. The summed E-state index contributed by atoms with van der Waals surface area (Å²) < 4.78 is 41.0. The first-order valence-corrected chi connectivity index (χ1v) is 7.57. The predicted octanol–water partition coefficient (Wildman–Crippen LogP) is 2.02. The van der Waals surface area contributed by atoms with Gasteiger partial charge >= 0.3 is 6.18 Å². The summed E-state index contributed by atoms with van der Waals surface area (Å²) in [6, 6.07) is 6.04. The minimum Gasteiger partial charge on any atom is -0.484 e. The average molecular weight is 344 g/mol. The summed E-state index contributed by atoms with van der Waals surface area (Å²) >= 11 is 0. The Hall–Kier alpha value is -2.25. The molecule has 0 heterocycles. The SMILES string of the molecule is C[C@@H]1C[C@@H]1C(=O)NCC(=O)NCc1cccc(OCC(F)(F)F)c1. The Balaban J connectivity index is 1.73. The quantitative estimate of drug-likeness (QED) is 0.795. The standard InChI is InChI=1S/C16H19F3N2O3/c1-10-5-13(10)15(23)21-8-14(22)20-7-11-3-2-4-12(6-11)24-9-16(17,18)19/h2-4,6,10,13H,5,7-9H2,1H3,(H,20,22)(H,21,23)/t10-,13+/m1/s1. The lowest BCUT2D eigenvalue weighted by Gasteiger charge is -2.11. The van der Waals surface area contributed by atoms with Gasteiger partial charge in [-0.3, -0.25) is 9.59 Å². The summed E-state index contributed by atoms with van der Waals surface area (Å²) in [6.45, 7) is 0.622. The Kier molecular flexibility index (Phi) is 5.69. The number of hydrogen-bond acceptors (Lipinski definition) is 3. The van der Waals surface area contributed by atoms with Crippen molar-refractivity contribution in [2.24, 2.45) is 11.8 Å². The average Bonchev–Trinajstić information content (AvgIpc) is 3.25. The van der Waals surface area contributed by atoms with Gasteiger partial charge in [-0.25, -0.2) is 0 Å². The second kappa shape index (κ2) is 7.55. The van der Waals surface area contributed by atoms with Gasteiger partial charge < -0.3 is 15.4 Å². The summed E-state index contributed by atoms with van der Waals surface area (Å²) in [7, 11) is 0. The van der Waals surface area contributed by atoms with Gasteiger partial charge in [-0.1, -0.05) is 19.1 Å². The Morgan fingerprint density at radius 2 is 2.00 bits per heavy atom. The molecule has 0 saturated heterocycles. The van der Waals surface area contributed by atoms with Gasteiger partial charge in [-0.2, -0.15) is 13.2 Å². The largest absolute Gasteiger partial charge is 0.484 e. The fourth-order valence-corrected chi connectivity index (χ4v) is 2.16. The number of carbonyl (C=O) groups excluding carboxylic acids is 2. The van der Waals surface area contributed by atoms with Gasteiger partial charge in [0.15, 0.2) is 6.61 Å². The molecule has 0 aromatic heterocycles. The molecule has 0 radical (unpaired) electrons. The van der Waals surface area contributed by atoms with Crippen molar-refractivity contribution in [2.45, 2.75) is 26.1 Å². The van der Waals surface area contributed by atoms with Crippen molar-refractivity contribution in [3.8, 4) is 5.75 Å². The molecule has 2 amide bonds. The Morgan fingerprint density at radius 1 is 1.29 bits per heavy atom. The summed E-state index contributed by atoms with van der Waals surface area (Å²) in [6.07, 6.45) is -3.56. The second-order valence-electron chi connectivity index (χ2n) is 5.87. The third-order valence-corrected chi connectivity index (χ3v) is 3.66. The Morgan fingerprint density at radius 3 is 2.62 bits per heavy atom. The van der Waals surface area contributed by atoms with Crippen LogP contribution in [0.15, 0.2) is 24.3 Å². The van der Waals surface area contributed by atoms with Crippen LogP contribution in [0.4, 0.5) is 13.2 Å². The van der Waals surface area contributed by atoms with Crippen LogP contribution in [0.1, 0.15) is 18.9 Å². The second-order valence-corrected chi connectivity index (χ2v) is 5.87. The molecular formula is C16H19F3N2O3. The Labute approximate surface area is 137 Å². The molecule has 0 spiro atoms. The van der Waals surface area contributed by atoms with E-state index in [2.05, 4.69) is 15.4 Å². The molecule has 1 aliphatic rings. The van der Waals surface area contributed by atoms with E-state index in [9.17, 15) is 22.8 Å². The number of amides is 2. The molecule has 2 atom stereocenters. The number of ether oxygens (including phenoxy) is 1. The van der Waals surface area contributed by atoms with E-state index in [1.807, 2.05) is 6.92 Å². The number of benzene rings is 1. The highest BCUT2D eigenvalue weighted by Crippen LogP contribution is 2.37. The maximum absolute atomic E-state index is 12.1. The fraction of sp³-hybridized carbons (Fsp3) is 0.500. The third-order valence-electron chi connectivity index (χ3n) is 3.66. The molecule has 132 valence electrons. The van der Waals surface area contributed by atoms with E-state index in [1.165, 1.54) is 12.1 Å². The minimum atomic E-state index is -4.40. The van der Waals surface area contributed by atoms with Crippen LogP contribution in [0, 0.1) is 11.8 Å². The smallest absolute Gasteiger partial charge is 0.422 e. The van der Waals surface area contributed by atoms with Gasteiger partial charge in [-0.05, 0) is 30.0 Å². The van der Waals surface area contributed by atoms with E-state index in [0.717, 1.165) is 6.42 Å². The van der Waals surface area contributed by atoms with Gasteiger partial charge in [0.1, 0.15) is 5.75 Å². The molecule has 2 rings (SSSR count). The van der Waals surface area contributed by atoms with Crippen molar-refractivity contribution in [1.82, 2.24) is 10.6 Å². The van der Waals surface area contributed by atoms with Crippen molar-refractivity contribution < 1.29 is 27.5 Å². The lowest BCUT2D eigenvalue weighted by Crippen LogP contribution is -2.37. The molecule has 1 fully saturated rings. The maximum Gasteiger partial charge on any atom is 0.422 e. The first-order chi connectivity index (χ1) is 11.2. The van der Waals surface area contributed by atoms with Crippen molar-refractivity contribution in [3.63, 3.8) is 0 Å². The van der Waals surface area contributed by atoms with Gasteiger partial charge in [-0.15, -0.1) is 0 Å². The normalized spacial score (nSPS) is 19.5. The zero-order valence-electron chi connectivity index (χ0n) is 13.2. The summed E-state index contributed by atoms with van der Waals surface area (Å²) in [5, 5.41) is 5.15. The highest BCUT2D eigenvalue weighted by atomic mass is 19.4. The molecule has 0 aliphatic heterocycles. The molecule has 1 saturated carbocycles. The molecular weight excluding hydrogens is 325 g/mol. The molecule has 5 nitrogen and oxygen atoms in total. The highest BCUT2D eigenvalue weighted by Gasteiger charge is 2.38. The van der Waals surface area contributed by atoms with Crippen LogP contribution in [-0.4, -0.2) is 31.1 Å². The van der Waals surface area contributed by atoms with Crippen LogP contribution in [0.3, 0.4) is 0 Å². The van der Waals surface area contributed by atoms with Crippen molar-refractivity contribution in [2.75, 3.05) is 13.2 Å². The van der Waals surface area contributed by atoms with Crippen molar-refractivity contribution >= 4 is 11.8 Å². The van der Waals surface area contributed by atoms with Gasteiger partial charge in [0, 0.05) is 12.5 Å². The summed E-state index contributed by atoms with van der Waals surface area (Å²) in [4.78, 5) is 23.3. The molecule has 1 aliphatic carbocycles. The van der Waals surface area contributed by atoms with E-state index in [4.69, 9.17) is 0 Å². The van der Waals surface area contributed by atoms with E-state index < -0.39 is 12.8 Å². The van der Waals surface area contributed by atoms with Crippen LogP contribution < -0.4 is 15.4 Å². The molecule has 1 aromatic carbocycles. The van der Waals surface area contributed by atoms with Crippen molar-refractivity contribution in [3.05, 3.63) is 29.8 Å². The van der Waals surface area contributed by atoms with E-state index in [1.54, 1.807) is 12.1 Å². The van der Waals surface area contributed by atoms with E-state index in [0.29, 0.717) is 11.5 Å². The number of nitrogens with one attached hydrogen (secondary N) is 2. The van der Waals surface area contributed by atoms with Crippen LogP contribution in [0.5, 0.6) is 5.75 Å². The number of halogens is 3. The van der Waals surface area contributed by atoms with Crippen LogP contribution in [0.25, 0.3) is 0 Å². The molecule has 24 heavy (non-hydrogen) atoms. The summed E-state index contributed by atoms with van der Waals surface area (Å²) in [5.41, 5.74) is 0.602. The third kappa shape index (κ3) is 6.10. The fourth-order valence-electron chi connectivity index (χ4n) is 2.16. The van der Waals surface area contributed by atoms with Gasteiger partial charge in [0.2, 0.25) is 11.8 Å². The van der Waals surface area contributed by atoms with Crippen molar-refractivity contribution in [1.29, 1.82) is 0 Å². The number of rotatable bonds is 7. The number of alkyl halides is 3. The minimum absolute atomic E-state index is 0.000243. The lowest BCUT2D eigenvalue weighted by atomic mass is 10.2. The summed E-state index contributed by atoms with van der Waals surface area (Å²) in [5.74, 6) is -0.0404. The first-order valence-electron chi connectivity index (χ1n) is 7.57. The molecule has 0 bridgehead atoms. The molecule has 1 aromatic rings. The number of carbonyl (C=O) groups is 2. The van der Waals surface area contributed by atoms with E-state index in [-0.39, 0.29) is 36.6 Å². The maximum atomic E-state index is 12.1. The van der Waals surface area contributed by atoms with E-state index >= 15 is 0 Å². The monoisotopic (exact) mass is 344 g/mol. The van der Waals surface area contributed by atoms with Gasteiger partial charge in [0.05, 0.1) is 6.54 Å². The Bertz CT molecular complexity index is 604. The lowest BCUT2D eigenvalue weighted by molar-refractivity contribution is -0.153. The zero-order chi connectivity index (χ0) is 17.7. The van der Waals surface area contributed by atoms with Crippen LogP contribution >= 0.6 is 0 Å². The van der Waals surface area contributed by atoms with Crippen LogP contribution in [0.2, 0.25) is 0 Å². The zero-order valence-corrected chi connectivity index (χ0v) is 13.2. The predicted molar refractivity (Wildman–Crippen MR) is 80.1 cm³/mol. The molecule has 0 unspecified atom stereocenters. The highest BCUT2D eigenvalue weighted by molar-refractivity contribution is 5.87.